The molecule has 12 heavy (non-hydrogen) atoms. The molecular weight excluding hydrogens is 225 g/mol. The number of azide groups is 1. The molecule has 0 bridgehead atoms. The van der Waals surface area contributed by atoms with Gasteiger partial charge in [-0.2, -0.15) is 0 Å². The first-order valence-corrected chi connectivity index (χ1v) is 3.95. The summed E-state index contributed by atoms with van der Waals surface area (Å²) in [5, 5.41) is 3.20. The third-order valence-electron chi connectivity index (χ3n) is 1.35. The summed E-state index contributed by atoms with van der Waals surface area (Å²) < 4.78 is 13.8. The number of rotatable bonds is 1. The standard InChI is InChI=1S/C7H5BrFN3/c1-4-2-5(8)3-6(7(4)9)11-12-10/h2-3H,1H3. The van der Waals surface area contributed by atoms with Gasteiger partial charge in [-0.15, -0.1) is 0 Å². The van der Waals surface area contributed by atoms with Crippen molar-refractivity contribution in [3.8, 4) is 0 Å². The predicted octanol–water partition coefficient (Wildman–Crippen LogP) is 3.84. The van der Waals surface area contributed by atoms with E-state index in [0.717, 1.165) is 0 Å². The Labute approximate surface area is 77.0 Å². The van der Waals surface area contributed by atoms with E-state index in [4.69, 9.17) is 5.53 Å². The Morgan fingerprint density at radius 2 is 2.25 bits per heavy atom. The SMILES string of the molecule is Cc1cc(Br)cc(N=[N+]=[N-])c1F. The summed E-state index contributed by atoms with van der Waals surface area (Å²) in [6.45, 7) is 1.61. The van der Waals surface area contributed by atoms with Gasteiger partial charge in [-0.25, -0.2) is 4.39 Å². The minimum atomic E-state index is -0.476. The molecule has 1 aromatic carbocycles. The average molecular weight is 230 g/mol. The van der Waals surface area contributed by atoms with Gasteiger partial charge in [0.25, 0.3) is 0 Å². The second kappa shape index (κ2) is 3.56. The summed E-state index contributed by atoms with van der Waals surface area (Å²) in [5.74, 6) is -0.476. The quantitative estimate of drug-likeness (QED) is 0.399. The van der Waals surface area contributed by atoms with Crippen molar-refractivity contribution in [2.24, 2.45) is 5.11 Å². The molecule has 0 radical (unpaired) electrons. The summed E-state index contributed by atoms with van der Waals surface area (Å²) in [7, 11) is 0. The third-order valence-corrected chi connectivity index (χ3v) is 1.81. The maximum atomic E-state index is 13.1. The Morgan fingerprint density at radius 3 is 2.83 bits per heavy atom. The summed E-state index contributed by atoms with van der Waals surface area (Å²) in [6.07, 6.45) is 0. The van der Waals surface area contributed by atoms with Gasteiger partial charge in [-0.05, 0) is 30.2 Å². The third kappa shape index (κ3) is 1.75. The lowest BCUT2D eigenvalue weighted by Gasteiger charge is -2.00. The van der Waals surface area contributed by atoms with E-state index < -0.39 is 5.82 Å². The van der Waals surface area contributed by atoms with E-state index in [-0.39, 0.29) is 5.69 Å². The first-order valence-electron chi connectivity index (χ1n) is 3.16. The van der Waals surface area contributed by atoms with Crippen molar-refractivity contribution in [2.75, 3.05) is 0 Å². The highest BCUT2D eigenvalue weighted by Crippen LogP contribution is 2.25. The predicted molar refractivity (Wildman–Crippen MR) is 47.6 cm³/mol. The van der Waals surface area contributed by atoms with Crippen LogP contribution in [0.3, 0.4) is 0 Å². The molecule has 0 atom stereocenters. The van der Waals surface area contributed by atoms with Crippen LogP contribution in [0.4, 0.5) is 10.1 Å². The average Bonchev–Trinajstić information content (AvgIpc) is 2.00. The molecule has 0 aliphatic rings. The van der Waals surface area contributed by atoms with Crippen LogP contribution in [0.15, 0.2) is 21.7 Å². The summed E-state index contributed by atoms with van der Waals surface area (Å²) >= 11 is 3.17. The normalized spacial score (nSPS) is 9.25. The van der Waals surface area contributed by atoms with E-state index in [2.05, 4.69) is 26.0 Å². The Kier molecular flexibility index (Phi) is 2.68. The van der Waals surface area contributed by atoms with Crippen molar-refractivity contribution in [1.29, 1.82) is 0 Å². The highest BCUT2D eigenvalue weighted by atomic mass is 79.9. The topological polar surface area (TPSA) is 48.8 Å². The lowest BCUT2D eigenvalue weighted by Crippen LogP contribution is -1.81. The van der Waals surface area contributed by atoms with Crippen molar-refractivity contribution in [3.05, 3.63) is 38.4 Å². The van der Waals surface area contributed by atoms with E-state index in [1.165, 1.54) is 6.07 Å². The number of hydrogen-bond donors (Lipinski definition) is 0. The lowest BCUT2D eigenvalue weighted by molar-refractivity contribution is 0.620. The van der Waals surface area contributed by atoms with Crippen LogP contribution in [0.5, 0.6) is 0 Å². The molecule has 62 valence electrons. The van der Waals surface area contributed by atoms with Gasteiger partial charge in [-0.3, -0.25) is 0 Å². The summed E-state index contributed by atoms with van der Waals surface area (Å²) in [5.41, 5.74) is 8.57. The first kappa shape index (κ1) is 9.03. The Balaban J connectivity index is 3.36. The van der Waals surface area contributed by atoms with Gasteiger partial charge >= 0.3 is 0 Å². The van der Waals surface area contributed by atoms with Gasteiger partial charge in [0.05, 0.1) is 5.69 Å². The molecule has 5 heteroatoms. The monoisotopic (exact) mass is 229 g/mol. The highest BCUT2D eigenvalue weighted by Gasteiger charge is 2.04. The smallest absolute Gasteiger partial charge is 0.135 e. The molecule has 0 fully saturated rings. The molecule has 1 rings (SSSR count). The van der Waals surface area contributed by atoms with Gasteiger partial charge in [0.15, 0.2) is 0 Å². The van der Waals surface area contributed by atoms with Crippen LogP contribution in [0, 0.1) is 12.7 Å². The summed E-state index contributed by atoms with van der Waals surface area (Å²) in [6, 6.07) is 3.05. The van der Waals surface area contributed by atoms with Crippen molar-refractivity contribution in [2.45, 2.75) is 6.92 Å². The van der Waals surface area contributed by atoms with E-state index in [1.54, 1.807) is 13.0 Å². The van der Waals surface area contributed by atoms with Crippen LogP contribution < -0.4 is 0 Å². The molecule has 0 N–H and O–H groups in total. The molecule has 0 unspecified atom stereocenters. The second-order valence-electron chi connectivity index (χ2n) is 2.25. The fourth-order valence-corrected chi connectivity index (χ4v) is 1.39. The molecule has 0 aliphatic carbocycles. The lowest BCUT2D eigenvalue weighted by atomic mass is 10.2. The molecule has 0 spiro atoms. The summed E-state index contributed by atoms with van der Waals surface area (Å²) in [4.78, 5) is 2.51. The minimum Gasteiger partial charge on any atom is -0.206 e. The fourth-order valence-electron chi connectivity index (χ4n) is 0.829. The van der Waals surface area contributed by atoms with Crippen molar-refractivity contribution >= 4 is 21.6 Å². The Morgan fingerprint density at radius 1 is 1.58 bits per heavy atom. The largest absolute Gasteiger partial charge is 0.206 e. The molecule has 0 saturated carbocycles. The van der Waals surface area contributed by atoms with E-state index in [0.29, 0.717) is 10.0 Å². The van der Waals surface area contributed by atoms with Crippen molar-refractivity contribution < 1.29 is 4.39 Å². The second-order valence-corrected chi connectivity index (χ2v) is 3.16. The van der Waals surface area contributed by atoms with Crippen LogP contribution >= 0.6 is 15.9 Å². The van der Waals surface area contributed by atoms with Crippen LogP contribution in [0.25, 0.3) is 10.4 Å². The maximum Gasteiger partial charge on any atom is 0.135 e. The van der Waals surface area contributed by atoms with E-state index in [9.17, 15) is 4.39 Å². The Hall–Kier alpha value is -1.06. The number of nitrogens with zero attached hydrogens (tertiary/aromatic N) is 3. The van der Waals surface area contributed by atoms with Crippen molar-refractivity contribution in [1.82, 2.24) is 0 Å². The first-order chi connectivity index (χ1) is 5.65. The zero-order valence-corrected chi connectivity index (χ0v) is 7.84. The van der Waals surface area contributed by atoms with Crippen LogP contribution in [-0.4, -0.2) is 0 Å². The highest BCUT2D eigenvalue weighted by molar-refractivity contribution is 9.10. The van der Waals surface area contributed by atoms with Crippen molar-refractivity contribution in [3.63, 3.8) is 0 Å². The number of halogens is 2. The minimum absolute atomic E-state index is 0.0179. The molecule has 0 heterocycles. The number of benzene rings is 1. The van der Waals surface area contributed by atoms with Gasteiger partial charge in [0.2, 0.25) is 0 Å². The number of hydrogen-bond acceptors (Lipinski definition) is 1. The van der Waals surface area contributed by atoms with Crippen LogP contribution in [-0.2, 0) is 0 Å². The maximum absolute atomic E-state index is 13.1. The van der Waals surface area contributed by atoms with Gasteiger partial charge in [0.1, 0.15) is 5.82 Å². The molecule has 1 aromatic rings. The van der Waals surface area contributed by atoms with Gasteiger partial charge in [-0.1, -0.05) is 21.0 Å². The van der Waals surface area contributed by atoms with Crippen LogP contribution in [0.1, 0.15) is 5.56 Å². The van der Waals surface area contributed by atoms with Gasteiger partial charge < -0.3 is 0 Å². The molecule has 0 aliphatic heterocycles. The molecule has 0 saturated heterocycles. The Bertz CT molecular complexity index is 358. The zero-order valence-electron chi connectivity index (χ0n) is 6.25. The van der Waals surface area contributed by atoms with Gasteiger partial charge in [0, 0.05) is 9.38 Å². The fraction of sp³-hybridized carbons (Fsp3) is 0.143. The molecule has 0 aromatic heterocycles. The van der Waals surface area contributed by atoms with Crippen LogP contribution in [0.2, 0.25) is 0 Å². The van der Waals surface area contributed by atoms with E-state index >= 15 is 0 Å². The van der Waals surface area contributed by atoms with E-state index in [1.807, 2.05) is 0 Å². The molecule has 0 amide bonds. The number of aryl methyl sites for hydroxylation is 1. The molecule has 3 nitrogen and oxygen atoms in total. The zero-order chi connectivity index (χ0) is 9.14. The molecular formula is C7H5BrFN3.